The molecular formula is C24H27N3O5. The molecule has 32 heavy (non-hydrogen) atoms. The van der Waals surface area contributed by atoms with Gasteiger partial charge < -0.3 is 33.7 Å². The van der Waals surface area contributed by atoms with Crippen molar-refractivity contribution in [1.29, 1.82) is 0 Å². The first-order chi connectivity index (χ1) is 15.6. The number of carbonyl (C=O) groups is 1. The summed E-state index contributed by atoms with van der Waals surface area (Å²) in [6.07, 6.45) is 2.03. The number of benzene rings is 2. The Bertz CT molecular complexity index is 1110. The fourth-order valence-electron chi connectivity index (χ4n) is 4.15. The summed E-state index contributed by atoms with van der Waals surface area (Å²) in [5.74, 6) is 2.28. The molecule has 2 heterocycles. The first kappa shape index (κ1) is 21.4. The van der Waals surface area contributed by atoms with Crippen LogP contribution in [0.5, 0.6) is 23.0 Å². The topological polar surface area (TPSA) is 74.2 Å². The van der Waals surface area contributed by atoms with Crippen molar-refractivity contribution >= 4 is 11.7 Å². The molecule has 1 aliphatic rings. The molecule has 3 aromatic rings. The van der Waals surface area contributed by atoms with E-state index in [0.717, 1.165) is 11.3 Å². The number of aromatic nitrogens is 1. The summed E-state index contributed by atoms with van der Waals surface area (Å²) >= 11 is 0. The van der Waals surface area contributed by atoms with Crippen molar-refractivity contribution in [3.63, 3.8) is 0 Å². The first-order valence-corrected chi connectivity index (χ1v) is 10.3. The van der Waals surface area contributed by atoms with Crippen molar-refractivity contribution in [2.75, 3.05) is 40.3 Å². The Kier molecular flexibility index (Phi) is 6.11. The van der Waals surface area contributed by atoms with Gasteiger partial charge in [0.1, 0.15) is 0 Å². The highest BCUT2D eigenvalue weighted by Crippen LogP contribution is 2.39. The molecule has 0 saturated carbocycles. The Balaban J connectivity index is 1.71. The van der Waals surface area contributed by atoms with Gasteiger partial charge in [-0.05, 0) is 42.0 Å². The summed E-state index contributed by atoms with van der Waals surface area (Å²) in [6, 6.07) is 14.6. The number of urea groups is 1. The first-order valence-electron chi connectivity index (χ1n) is 10.3. The Labute approximate surface area is 187 Å². The maximum Gasteiger partial charge on any atom is 0.322 e. The molecule has 168 valence electrons. The average Bonchev–Trinajstić information content (AvgIpc) is 3.31. The van der Waals surface area contributed by atoms with Crippen LogP contribution in [0.2, 0.25) is 0 Å². The van der Waals surface area contributed by atoms with Gasteiger partial charge in [0.25, 0.3) is 0 Å². The Morgan fingerprint density at radius 2 is 1.66 bits per heavy atom. The number of fused-ring (bicyclic) bond motifs is 1. The normalized spacial score (nSPS) is 15.0. The molecule has 4 rings (SSSR count). The SMILES string of the molecule is COc1ccc([C@@H]2c3cccn3CCN2C(=O)Nc2cccc(OC)c2OC)cc1OC. The second kappa shape index (κ2) is 9.13. The fourth-order valence-corrected chi connectivity index (χ4v) is 4.15. The second-order valence-corrected chi connectivity index (χ2v) is 7.31. The van der Waals surface area contributed by atoms with Crippen LogP contribution in [0.15, 0.2) is 54.7 Å². The maximum atomic E-state index is 13.5. The second-order valence-electron chi connectivity index (χ2n) is 7.31. The molecule has 0 spiro atoms. The molecule has 1 N–H and O–H groups in total. The molecule has 1 atom stereocenters. The van der Waals surface area contributed by atoms with Gasteiger partial charge in [0.05, 0.1) is 40.2 Å². The molecule has 1 aromatic heterocycles. The maximum absolute atomic E-state index is 13.5. The van der Waals surface area contributed by atoms with Gasteiger partial charge in [-0.3, -0.25) is 0 Å². The number of nitrogens with zero attached hydrogens (tertiary/aromatic N) is 2. The third-order valence-corrected chi connectivity index (χ3v) is 5.67. The van der Waals surface area contributed by atoms with Gasteiger partial charge >= 0.3 is 6.03 Å². The van der Waals surface area contributed by atoms with Crippen LogP contribution in [0, 0.1) is 0 Å². The molecule has 1 aliphatic heterocycles. The van der Waals surface area contributed by atoms with Crippen molar-refractivity contribution in [2.45, 2.75) is 12.6 Å². The van der Waals surface area contributed by atoms with E-state index in [1.165, 1.54) is 0 Å². The minimum Gasteiger partial charge on any atom is -0.493 e. The minimum atomic E-state index is -0.296. The van der Waals surface area contributed by atoms with E-state index in [1.807, 2.05) is 47.5 Å². The molecule has 0 fully saturated rings. The van der Waals surface area contributed by atoms with E-state index < -0.39 is 0 Å². The molecule has 0 radical (unpaired) electrons. The highest BCUT2D eigenvalue weighted by atomic mass is 16.5. The summed E-state index contributed by atoms with van der Waals surface area (Å²) in [4.78, 5) is 15.3. The largest absolute Gasteiger partial charge is 0.493 e. The number of carbonyl (C=O) groups excluding carboxylic acids is 1. The minimum absolute atomic E-state index is 0.233. The average molecular weight is 437 g/mol. The van der Waals surface area contributed by atoms with Crippen molar-refractivity contribution in [1.82, 2.24) is 9.47 Å². The molecule has 2 aromatic carbocycles. The Hall–Kier alpha value is -3.81. The summed E-state index contributed by atoms with van der Waals surface area (Å²) in [7, 11) is 6.32. The number of methoxy groups -OCH3 is 4. The highest BCUT2D eigenvalue weighted by molar-refractivity contribution is 5.92. The van der Waals surface area contributed by atoms with Crippen LogP contribution in [0.1, 0.15) is 17.3 Å². The van der Waals surface area contributed by atoms with E-state index >= 15 is 0 Å². The third kappa shape index (κ3) is 3.79. The van der Waals surface area contributed by atoms with Gasteiger partial charge in [0.15, 0.2) is 23.0 Å². The van der Waals surface area contributed by atoms with Crippen LogP contribution >= 0.6 is 0 Å². The van der Waals surface area contributed by atoms with E-state index in [-0.39, 0.29) is 12.1 Å². The predicted octanol–water partition coefficient (Wildman–Crippen LogP) is 4.16. The number of hydrogen-bond acceptors (Lipinski definition) is 5. The standard InChI is InChI=1S/C24H27N3O5/c1-29-19-11-10-16(15-21(19)31-3)22-18-8-6-12-26(18)13-14-27(22)24(28)25-17-7-5-9-20(30-2)23(17)32-4/h5-12,15,22H,13-14H2,1-4H3,(H,25,28)/t22-/m1/s1. The van der Waals surface area contributed by atoms with Crippen molar-refractivity contribution < 1.29 is 23.7 Å². The lowest BCUT2D eigenvalue weighted by atomic mass is 9.99. The van der Waals surface area contributed by atoms with Crippen LogP contribution in [0.4, 0.5) is 10.5 Å². The van der Waals surface area contributed by atoms with E-state index in [0.29, 0.717) is 41.8 Å². The molecule has 0 bridgehead atoms. The number of ether oxygens (including phenoxy) is 4. The molecule has 8 nitrogen and oxygen atoms in total. The van der Waals surface area contributed by atoms with E-state index in [4.69, 9.17) is 18.9 Å². The van der Waals surface area contributed by atoms with E-state index in [9.17, 15) is 4.79 Å². The van der Waals surface area contributed by atoms with E-state index in [2.05, 4.69) is 9.88 Å². The van der Waals surface area contributed by atoms with Crippen LogP contribution in [0.3, 0.4) is 0 Å². The van der Waals surface area contributed by atoms with Crippen molar-refractivity contribution in [3.8, 4) is 23.0 Å². The van der Waals surface area contributed by atoms with E-state index in [1.54, 1.807) is 40.6 Å². The lowest BCUT2D eigenvalue weighted by Crippen LogP contribution is -2.44. The molecule has 8 heteroatoms. The lowest BCUT2D eigenvalue weighted by molar-refractivity contribution is 0.181. The summed E-state index contributed by atoms with van der Waals surface area (Å²) in [5.41, 5.74) is 2.50. The van der Waals surface area contributed by atoms with Crippen LogP contribution in [0.25, 0.3) is 0 Å². The summed E-state index contributed by atoms with van der Waals surface area (Å²) in [6.45, 7) is 1.24. The zero-order valence-electron chi connectivity index (χ0n) is 18.6. The number of anilines is 1. The zero-order chi connectivity index (χ0) is 22.7. The van der Waals surface area contributed by atoms with Gasteiger partial charge in [-0.15, -0.1) is 0 Å². The lowest BCUT2D eigenvalue weighted by Gasteiger charge is -2.37. The predicted molar refractivity (Wildman–Crippen MR) is 121 cm³/mol. The third-order valence-electron chi connectivity index (χ3n) is 5.67. The number of amides is 2. The zero-order valence-corrected chi connectivity index (χ0v) is 18.6. The highest BCUT2D eigenvalue weighted by Gasteiger charge is 2.33. The Morgan fingerprint density at radius 1 is 0.875 bits per heavy atom. The number of para-hydroxylation sites is 1. The quantitative estimate of drug-likeness (QED) is 0.627. The molecular weight excluding hydrogens is 410 g/mol. The Morgan fingerprint density at radius 3 is 2.38 bits per heavy atom. The molecule has 0 saturated heterocycles. The van der Waals surface area contributed by atoms with Gasteiger partial charge in [-0.2, -0.15) is 0 Å². The van der Waals surface area contributed by atoms with Gasteiger partial charge in [-0.1, -0.05) is 12.1 Å². The van der Waals surface area contributed by atoms with Crippen molar-refractivity contribution in [3.05, 3.63) is 66.0 Å². The number of nitrogens with one attached hydrogen (secondary N) is 1. The monoisotopic (exact) mass is 437 g/mol. The summed E-state index contributed by atoms with van der Waals surface area (Å²) < 4.78 is 23.9. The fraction of sp³-hybridized carbons (Fsp3) is 0.292. The van der Waals surface area contributed by atoms with Gasteiger partial charge in [-0.25, -0.2) is 4.79 Å². The number of rotatable bonds is 6. The van der Waals surface area contributed by atoms with Crippen molar-refractivity contribution in [2.24, 2.45) is 0 Å². The molecule has 2 amide bonds. The van der Waals surface area contributed by atoms with Crippen LogP contribution in [-0.2, 0) is 6.54 Å². The van der Waals surface area contributed by atoms with Gasteiger partial charge in [0.2, 0.25) is 0 Å². The number of hydrogen-bond donors (Lipinski definition) is 1. The molecule has 0 aliphatic carbocycles. The van der Waals surface area contributed by atoms with Gasteiger partial charge in [0, 0.05) is 25.0 Å². The van der Waals surface area contributed by atoms with Crippen LogP contribution in [-0.4, -0.2) is 50.5 Å². The van der Waals surface area contributed by atoms with Crippen LogP contribution < -0.4 is 24.3 Å². The smallest absolute Gasteiger partial charge is 0.322 e. The molecule has 0 unspecified atom stereocenters. The summed E-state index contributed by atoms with van der Waals surface area (Å²) in [5, 5.41) is 3.00.